The molecule has 0 aliphatic rings. The molecule has 3 rings (SSSR count). The van der Waals surface area contributed by atoms with Crippen LogP contribution in [0, 0.1) is 0 Å². The Kier molecular flexibility index (Phi) is 5.50. The number of thioether (sulfide) groups is 1. The van der Waals surface area contributed by atoms with Crippen LogP contribution in [0.3, 0.4) is 0 Å². The number of para-hydroxylation sites is 1. The van der Waals surface area contributed by atoms with E-state index in [0.29, 0.717) is 22.6 Å². The van der Waals surface area contributed by atoms with Gasteiger partial charge >= 0.3 is 5.69 Å². The summed E-state index contributed by atoms with van der Waals surface area (Å²) in [5.41, 5.74) is 4.33. The molecule has 2 heterocycles. The minimum atomic E-state index is -0.830. The number of hydrogen-bond acceptors (Lipinski definition) is 7. The number of fused-ring (bicyclic) bond motifs is 1. The minimum Gasteiger partial charge on any atom is -0.384 e. The van der Waals surface area contributed by atoms with E-state index in [0.717, 1.165) is 22.7 Å². The van der Waals surface area contributed by atoms with Crippen molar-refractivity contribution in [3.05, 3.63) is 61.0 Å². The van der Waals surface area contributed by atoms with Crippen molar-refractivity contribution < 1.29 is 4.79 Å². The molecule has 0 spiro atoms. The van der Waals surface area contributed by atoms with Crippen LogP contribution >= 0.6 is 11.8 Å². The van der Waals surface area contributed by atoms with E-state index in [-0.39, 0.29) is 22.7 Å². The normalized spacial score (nSPS) is 11.1. The number of anilines is 1. The molecule has 28 heavy (non-hydrogen) atoms. The second kappa shape index (κ2) is 7.85. The molecule has 0 unspecified atom stereocenters. The predicted molar refractivity (Wildman–Crippen MR) is 108 cm³/mol. The fourth-order valence-electron chi connectivity index (χ4n) is 2.79. The maximum absolute atomic E-state index is 12.8. The van der Waals surface area contributed by atoms with Crippen LogP contribution in [-0.2, 0) is 13.6 Å². The van der Waals surface area contributed by atoms with Gasteiger partial charge in [0.05, 0.1) is 16.7 Å². The number of hydrogen-bond donors (Lipinski definition) is 2. The molecule has 0 fully saturated rings. The van der Waals surface area contributed by atoms with Gasteiger partial charge in [0.15, 0.2) is 10.9 Å². The van der Waals surface area contributed by atoms with Gasteiger partial charge in [-0.05, 0) is 18.6 Å². The average molecular weight is 401 g/mol. The summed E-state index contributed by atoms with van der Waals surface area (Å²) >= 11 is 1.05. The van der Waals surface area contributed by atoms with Crippen LogP contribution in [-0.4, -0.2) is 30.6 Å². The SMILES string of the molecule is CCCn1c(SCC(=O)c2c(N)n(C)c(=O)[nH]c2=O)nc2ccccc2c1=O. The number of Topliss-reactive ketones (excluding diaryl/α,β-unsaturated/α-hetero) is 1. The monoisotopic (exact) mass is 401 g/mol. The number of aromatic nitrogens is 4. The van der Waals surface area contributed by atoms with Crippen molar-refractivity contribution >= 4 is 34.3 Å². The Labute approximate surface area is 163 Å². The van der Waals surface area contributed by atoms with Gasteiger partial charge in [0.1, 0.15) is 11.4 Å². The molecule has 0 saturated carbocycles. The zero-order chi connectivity index (χ0) is 20.4. The van der Waals surface area contributed by atoms with Crippen molar-refractivity contribution in [2.75, 3.05) is 11.5 Å². The number of ketones is 1. The van der Waals surface area contributed by atoms with Crippen LogP contribution in [0.4, 0.5) is 5.82 Å². The van der Waals surface area contributed by atoms with Crippen molar-refractivity contribution in [3.63, 3.8) is 0 Å². The van der Waals surface area contributed by atoms with Crippen LogP contribution < -0.4 is 22.5 Å². The van der Waals surface area contributed by atoms with Crippen LogP contribution in [0.15, 0.2) is 43.8 Å². The van der Waals surface area contributed by atoms with Crippen molar-refractivity contribution in [2.24, 2.45) is 7.05 Å². The number of nitrogens with one attached hydrogen (secondary N) is 1. The Morgan fingerprint density at radius 1 is 1.25 bits per heavy atom. The van der Waals surface area contributed by atoms with E-state index in [2.05, 4.69) is 9.97 Å². The first kappa shape index (κ1) is 19.6. The van der Waals surface area contributed by atoms with Gasteiger partial charge in [-0.1, -0.05) is 30.8 Å². The summed E-state index contributed by atoms with van der Waals surface area (Å²) in [5.74, 6) is -0.901. The number of carbonyl (C=O) groups is 1. The standard InChI is InChI=1S/C18H19N5O4S/c1-3-8-23-16(26)10-6-4-5-7-11(10)20-18(23)28-9-12(24)13-14(19)22(2)17(27)21-15(13)25/h4-7H,3,8-9,19H2,1-2H3,(H,21,25,27). The highest BCUT2D eigenvalue weighted by atomic mass is 32.2. The quantitative estimate of drug-likeness (QED) is 0.354. The van der Waals surface area contributed by atoms with Crippen LogP contribution in [0.1, 0.15) is 23.7 Å². The predicted octanol–water partition coefficient (Wildman–Crippen LogP) is 0.751. The summed E-state index contributed by atoms with van der Waals surface area (Å²) < 4.78 is 2.52. The molecule has 2 aromatic heterocycles. The van der Waals surface area contributed by atoms with Gasteiger partial charge in [0.25, 0.3) is 11.1 Å². The number of rotatable bonds is 6. The molecule has 0 amide bonds. The Hall–Kier alpha value is -3.14. The lowest BCUT2D eigenvalue weighted by Crippen LogP contribution is -2.35. The van der Waals surface area contributed by atoms with Crippen LogP contribution in [0.25, 0.3) is 10.9 Å². The molecule has 0 aliphatic carbocycles. The summed E-state index contributed by atoms with van der Waals surface area (Å²) in [4.78, 5) is 55.5. The van der Waals surface area contributed by atoms with Crippen LogP contribution in [0.2, 0.25) is 0 Å². The number of aromatic amines is 1. The highest BCUT2D eigenvalue weighted by Gasteiger charge is 2.20. The second-order valence-corrected chi connectivity index (χ2v) is 7.10. The summed E-state index contributed by atoms with van der Waals surface area (Å²) in [5, 5.41) is 0.893. The number of nitrogen functional groups attached to an aromatic ring is 1. The Morgan fingerprint density at radius 2 is 1.96 bits per heavy atom. The summed E-state index contributed by atoms with van der Waals surface area (Å²) in [6, 6.07) is 6.99. The summed E-state index contributed by atoms with van der Waals surface area (Å²) in [6.45, 7) is 2.39. The lowest BCUT2D eigenvalue weighted by atomic mass is 10.2. The summed E-state index contributed by atoms with van der Waals surface area (Å²) in [6.07, 6.45) is 0.717. The Balaban J connectivity index is 1.98. The third-order valence-electron chi connectivity index (χ3n) is 4.25. The van der Waals surface area contributed by atoms with E-state index < -0.39 is 17.0 Å². The molecule has 0 aliphatic heterocycles. The van der Waals surface area contributed by atoms with E-state index in [1.807, 2.05) is 6.92 Å². The van der Waals surface area contributed by atoms with Crippen molar-refractivity contribution in [2.45, 2.75) is 25.0 Å². The molecule has 3 aromatic rings. The van der Waals surface area contributed by atoms with Crippen LogP contribution in [0.5, 0.6) is 0 Å². The molecule has 0 saturated heterocycles. The second-order valence-electron chi connectivity index (χ2n) is 6.16. The zero-order valence-electron chi connectivity index (χ0n) is 15.4. The molecule has 0 bridgehead atoms. The third kappa shape index (κ3) is 3.50. The fourth-order valence-corrected chi connectivity index (χ4v) is 3.68. The highest BCUT2D eigenvalue weighted by molar-refractivity contribution is 7.99. The average Bonchev–Trinajstić information content (AvgIpc) is 2.67. The number of H-pyrrole nitrogens is 1. The van der Waals surface area contributed by atoms with Gasteiger partial charge in [0.2, 0.25) is 0 Å². The maximum Gasteiger partial charge on any atom is 0.329 e. The molecule has 10 heteroatoms. The highest BCUT2D eigenvalue weighted by Crippen LogP contribution is 2.19. The minimum absolute atomic E-state index is 0.153. The van der Waals surface area contributed by atoms with Crippen molar-refractivity contribution in [3.8, 4) is 0 Å². The van der Waals surface area contributed by atoms with E-state index in [4.69, 9.17) is 5.73 Å². The molecule has 3 N–H and O–H groups in total. The van der Waals surface area contributed by atoms with Gasteiger partial charge < -0.3 is 5.73 Å². The smallest absolute Gasteiger partial charge is 0.329 e. The lowest BCUT2D eigenvalue weighted by Gasteiger charge is -2.12. The molecule has 9 nitrogen and oxygen atoms in total. The fraction of sp³-hybridized carbons (Fsp3) is 0.278. The number of benzene rings is 1. The van der Waals surface area contributed by atoms with Gasteiger partial charge in [-0.25, -0.2) is 9.78 Å². The van der Waals surface area contributed by atoms with E-state index in [1.165, 1.54) is 11.6 Å². The summed E-state index contributed by atoms with van der Waals surface area (Å²) in [7, 11) is 1.36. The Morgan fingerprint density at radius 3 is 2.68 bits per heavy atom. The van der Waals surface area contributed by atoms with E-state index in [1.54, 1.807) is 24.3 Å². The van der Waals surface area contributed by atoms with Crippen molar-refractivity contribution in [1.29, 1.82) is 0 Å². The third-order valence-corrected chi connectivity index (χ3v) is 5.23. The largest absolute Gasteiger partial charge is 0.384 e. The first-order valence-corrected chi connectivity index (χ1v) is 9.58. The number of nitrogens with two attached hydrogens (primary N) is 1. The van der Waals surface area contributed by atoms with Gasteiger partial charge in [-0.3, -0.25) is 28.5 Å². The molecular formula is C18H19N5O4S. The molecule has 146 valence electrons. The molecule has 0 atom stereocenters. The first-order chi connectivity index (χ1) is 13.3. The van der Waals surface area contributed by atoms with Crippen molar-refractivity contribution in [1.82, 2.24) is 19.1 Å². The molecular weight excluding hydrogens is 382 g/mol. The lowest BCUT2D eigenvalue weighted by molar-refractivity contribution is 0.102. The van der Waals surface area contributed by atoms with Gasteiger partial charge in [-0.2, -0.15) is 0 Å². The maximum atomic E-state index is 12.8. The number of carbonyl (C=O) groups excluding carboxylic acids is 1. The zero-order valence-corrected chi connectivity index (χ0v) is 16.2. The molecule has 0 radical (unpaired) electrons. The Bertz CT molecular complexity index is 1240. The topological polar surface area (TPSA) is 133 Å². The first-order valence-electron chi connectivity index (χ1n) is 8.59. The van der Waals surface area contributed by atoms with E-state index in [9.17, 15) is 19.2 Å². The van der Waals surface area contributed by atoms with Gasteiger partial charge in [-0.15, -0.1) is 0 Å². The molecule has 1 aromatic carbocycles. The van der Waals surface area contributed by atoms with Gasteiger partial charge in [0, 0.05) is 13.6 Å². The van der Waals surface area contributed by atoms with E-state index >= 15 is 0 Å². The number of nitrogens with zero attached hydrogens (tertiary/aromatic N) is 3.